The van der Waals surface area contributed by atoms with Crippen molar-refractivity contribution in [1.29, 1.82) is 0 Å². The van der Waals surface area contributed by atoms with E-state index in [1.54, 1.807) is 0 Å². The first kappa shape index (κ1) is 10.5. The molecule has 0 saturated heterocycles. The summed E-state index contributed by atoms with van der Waals surface area (Å²) in [6.07, 6.45) is 0. The number of ketones is 1. The van der Waals surface area contributed by atoms with Gasteiger partial charge in [0.05, 0.1) is 7.11 Å². The Morgan fingerprint density at radius 2 is 2.00 bits per heavy atom. The first-order valence-electron chi connectivity index (χ1n) is 2.99. The molecule has 0 aliphatic rings. The maximum atomic E-state index is 10.9. The third-order valence-electron chi connectivity index (χ3n) is 1.02. The molecule has 0 fully saturated rings. The summed E-state index contributed by atoms with van der Waals surface area (Å²) in [5.41, 5.74) is 7.57. The van der Waals surface area contributed by atoms with Crippen LogP contribution in [0.4, 0.5) is 0 Å². The van der Waals surface area contributed by atoms with E-state index in [1.807, 2.05) is 0 Å². The molecule has 66 valence electrons. The van der Waals surface area contributed by atoms with E-state index < -0.39 is 17.5 Å². The molecule has 0 aliphatic heterocycles. The second-order valence-corrected chi connectivity index (χ2v) is 1.80. The number of nitrogens with zero attached hydrogens (tertiary/aromatic N) is 2. The largest absolute Gasteiger partial charge is 0.460 e. The fraction of sp³-hybridized carbons (Fsp3) is 0.500. The molecular weight excluding hydrogens is 164 g/mol. The summed E-state index contributed by atoms with van der Waals surface area (Å²) in [6, 6.07) is 0. The van der Waals surface area contributed by atoms with E-state index >= 15 is 0 Å². The zero-order valence-corrected chi connectivity index (χ0v) is 6.73. The van der Waals surface area contributed by atoms with Gasteiger partial charge in [0.1, 0.15) is 6.61 Å². The van der Waals surface area contributed by atoms with E-state index in [2.05, 4.69) is 14.3 Å². The van der Waals surface area contributed by atoms with Crippen LogP contribution < -0.4 is 0 Å². The van der Waals surface area contributed by atoms with Crippen LogP contribution >= 0.6 is 0 Å². The Morgan fingerprint density at radius 3 is 2.33 bits per heavy atom. The van der Waals surface area contributed by atoms with Crippen molar-refractivity contribution in [2.75, 3.05) is 20.8 Å². The summed E-state index contributed by atoms with van der Waals surface area (Å²) in [4.78, 5) is 24.0. The molecule has 12 heavy (non-hydrogen) atoms. The van der Waals surface area contributed by atoms with Gasteiger partial charge in [0.25, 0.3) is 5.78 Å². The third-order valence-corrected chi connectivity index (χ3v) is 1.02. The number of methoxy groups -OCH3 is 2. The van der Waals surface area contributed by atoms with Crippen molar-refractivity contribution in [3.8, 4) is 0 Å². The first-order chi connectivity index (χ1) is 5.67. The summed E-state index contributed by atoms with van der Waals surface area (Å²) in [5.74, 6) is -1.72. The van der Waals surface area contributed by atoms with Crippen molar-refractivity contribution in [3.63, 3.8) is 0 Å². The highest BCUT2D eigenvalue weighted by atomic mass is 16.5. The number of ether oxygens (including phenoxy) is 2. The lowest BCUT2D eigenvalue weighted by atomic mass is 10.2. The minimum Gasteiger partial charge on any atom is -0.460 e. The van der Waals surface area contributed by atoms with Gasteiger partial charge in [-0.1, -0.05) is 0 Å². The van der Waals surface area contributed by atoms with E-state index in [-0.39, 0.29) is 6.61 Å². The van der Waals surface area contributed by atoms with Gasteiger partial charge in [0.2, 0.25) is 0 Å². The predicted molar refractivity (Wildman–Crippen MR) is 37.5 cm³/mol. The van der Waals surface area contributed by atoms with Gasteiger partial charge in [-0.3, -0.25) is 4.79 Å². The van der Waals surface area contributed by atoms with E-state index in [0.29, 0.717) is 0 Å². The second kappa shape index (κ2) is 5.17. The highest BCUT2D eigenvalue weighted by Gasteiger charge is 2.29. The van der Waals surface area contributed by atoms with Crippen molar-refractivity contribution in [2.45, 2.75) is 0 Å². The fourth-order valence-corrected chi connectivity index (χ4v) is 0.507. The molecule has 6 heteroatoms. The van der Waals surface area contributed by atoms with Gasteiger partial charge in [-0.15, -0.1) is 0 Å². The summed E-state index contributed by atoms with van der Waals surface area (Å²) < 4.78 is 8.60. The number of rotatable bonds is 4. The normalized spacial score (nSPS) is 8.50. The van der Waals surface area contributed by atoms with Gasteiger partial charge in [-0.25, -0.2) is 4.79 Å². The van der Waals surface area contributed by atoms with Crippen LogP contribution in [0.1, 0.15) is 0 Å². The van der Waals surface area contributed by atoms with Crippen LogP contribution in [0, 0.1) is 0 Å². The second-order valence-electron chi connectivity index (χ2n) is 1.80. The lowest BCUT2D eigenvalue weighted by Crippen LogP contribution is -2.29. The van der Waals surface area contributed by atoms with E-state index in [4.69, 9.17) is 5.53 Å². The Hall–Kier alpha value is -1.52. The van der Waals surface area contributed by atoms with Crippen molar-refractivity contribution in [3.05, 3.63) is 5.53 Å². The average Bonchev–Trinajstić information content (AvgIpc) is 2.06. The van der Waals surface area contributed by atoms with Gasteiger partial charge in [-0.05, 0) is 0 Å². The lowest BCUT2D eigenvalue weighted by Gasteiger charge is -1.92. The fourth-order valence-electron chi connectivity index (χ4n) is 0.507. The molecule has 0 atom stereocenters. The van der Waals surface area contributed by atoms with Crippen molar-refractivity contribution >= 4 is 17.5 Å². The number of hydrogen-bond donors (Lipinski definition) is 0. The van der Waals surface area contributed by atoms with Gasteiger partial charge in [0, 0.05) is 7.11 Å². The predicted octanol–water partition coefficient (Wildman–Crippen LogP) is -0.954. The Kier molecular flexibility index (Phi) is 4.52. The molecule has 0 bridgehead atoms. The molecule has 0 aromatic rings. The molecule has 6 nitrogen and oxygen atoms in total. The number of esters is 1. The Labute approximate surface area is 68.7 Å². The van der Waals surface area contributed by atoms with E-state index in [9.17, 15) is 9.59 Å². The number of carbonyl (C=O) groups excluding carboxylic acids is 2. The van der Waals surface area contributed by atoms with Crippen LogP contribution in [-0.2, 0) is 19.1 Å². The van der Waals surface area contributed by atoms with Crippen LogP contribution in [0.25, 0.3) is 5.53 Å². The standard InChI is InChI=1S/C6H8N2O4/c1-11-3-4(9)5(8-7)6(10)12-2/h3H2,1-2H3. The zero-order valence-electron chi connectivity index (χ0n) is 6.73. The molecule has 0 saturated carbocycles. The molecule has 0 amide bonds. The SMILES string of the molecule is COCC(=O)C(=[N+]=[N-])C(=O)OC. The van der Waals surface area contributed by atoms with Crippen LogP contribution in [0.3, 0.4) is 0 Å². The quantitative estimate of drug-likeness (QED) is 0.180. The maximum Gasteiger partial charge on any atom is 0.443 e. The van der Waals surface area contributed by atoms with Gasteiger partial charge < -0.3 is 15.0 Å². The maximum absolute atomic E-state index is 10.9. The van der Waals surface area contributed by atoms with Gasteiger partial charge in [0.15, 0.2) is 0 Å². The van der Waals surface area contributed by atoms with Crippen molar-refractivity contribution in [1.82, 2.24) is 0 Å². The Morgan fingerprint density at radius 1 is 1.42 bits per heavy atom. The van der Waals surface area contributed by atoms with Gasteiger partial charge >= 0.3 is 11.7 Å². The van der Waals surface area contributed by atoms with Gasteiger partial charge in [-0.2, -0.15) is 4.79 Å². The number of Topliss-reactive ketones (excluding diaryl/α,β-unsaturated/α-hetero) is 1. The highest BCUT2D eigenvalue weighted by Crippen LogP contribution is 1.82. The highest BCUT2D eigenvalue weighted by molar-refractivity contribution is 6.62. The smallest absolute Gasteiger partial charge is 0.443 e. The van der Waals surface area contributed by atoms with Crippen LogP contribution in [0.2, 0.25) is 0 Å². The lowest BCUT2D eigenvalue weighted by molar-refractivity contribution is -0.140. The minimum atomic E-state index is -0.987. The monoisotopic (exact) mass is 172 g/mol. The summed E-state index contributed by atoms with van der Waals surface area (Å²) in [7, 11) is 2.36. The number of carbonyl (C=O) groups is 2. The topological polar surface area (TPSA) is 89.0 Å². The van der Waals surface area contributed by atoms with E-state index in [1.165, 1.54) is 7.11 Å². The summed E-state index contributed by atoms with van der Waals surface area (Å²) in [6.45, 7) is -0.325. The molecule has 0 unspecified atom stereocenters. The minimum absolute atomic E-state index is 0.325. The Bertz CT molecular complexity index is 242. The van der Waals surface area contributed by atoms with Crippen LogP contribution in [0.15, 0.2) is 0 Å². The zero-order chi connectivity index (χ0) is 9.56. The van der Waals surface area contributed by atoms with Crippen molar-refractivity contribution < 1.29 is 23.9 Å². The summed E-state index contributed by atoms with van der Waals surface area (Å²) in [5, 5.41) is 0. The molecule has 0 aromatic heterocycles. The average molecular weight is 172 g/mol. The summed E-state index contributed by atoms with van der Waals surface area (Å²) >= 11 is 0. The molecule has 0 aromatic carbocycles. The van der Waals surface area contributed by atoms with Crippen LogP contribution in [0.5, 0.6) is 0 Å². The number of hydrogen-bond acceptors (Lipinski definition) is 4. The third kappa shape index (κ3) is 2.61. The molecule has 0 N–H and O–H groups in total. The molecule has 0 rings (SSSR count). The molecule has 0 radical (unpaired) electrons. The Balaban J connectivity index is 4.48. The van der Waals surface area contributed by atoms with E-state index in [0.717, 1.165) is 7.11 Å². The van der Waals surface area contributed by atoms with Crippen molar-refractivity contribution in [2.24, 2.45) is 0 Å². The first-order valence-corrected chi connectivity index (χ1v) is 2.99. The molecular formula is C6H8N2O4. The molecule has 0 spiro atoms. The molecule has 0 heterocycles. The van der Waals surface area contributed by atoms with Crippen LogP contribution in [-0.4, -0.2) is 43.1 Å². The molecule has 0 aliphatic carbocycles.